The third-order valence-corrected chi connectivity index (χ3v) is 5.51. The van der Waals surface area contributed by atoms with Crippen molar-refractivity contribution >= 4 is 40.9 Å². The molecule has 0 radical (unpaired) electrons. The van der Waals surface area contributed by atoms with Gasteiger partial charge in [0.2, 0.25) is 5.91 Å². The molecule has 2 atom stereocenters. The molecule has 2 unspecified atom stereocenters. The summed E-state index contributed by atoms with van der Waals surface area (Å²) in [6.07, 6.45) is 2.95. The molecule has 0 bridgehead atoms. The van der Waals surface area contributed by atoms with Gasteiger partial charge in [0.15, 0.2) is 0 Å². The van der Waals surface area contributed by atoms with Gasteiger partial charge in [0, 0.05) is 12.1 Å². The fourth-order valence-electron chi connectivity index (χ4n) is 3.56. The quantitative estimate of drug-likeness (QED) is 0.751. The number of rotatable bonds is 2. The van der Waals surface area contributed by atoms with Gasteiger partial charge in [-0.25, -0.2) is 0 Å². The maximum Gasteiger partial charge on any atom is 0.262 e. The first-order valence-electron chi connectivity index (χ1n) is 7.97. The number of likely N-dealkylation sites (tertiary alicyclic amines) is 1. The SMILES string of the molecule is CC1CCCC(C)N1C(=O)CN1C(=O)c2cc(Cl)c(Cl)cc2C1=O. The number of carbonyl (C=O) groups excluding carboxylic acids is 3. The van der Waals surface area contributed by atoms with Crippen LogP contribution in [0.3, 0.4) is 0 Å². The summed E-state index contributed by atoms with van der Waals surface area (Å²) in [5.74, 6) is -1.21. The van der Waals surface area contributed by atoms with Crippen LogP contribution >= 0.6 is 23.2 Å². The highest BCUT2D eigenvalue weighted by molar-refractivity contribution is 6.43. The van der Waals surface area contributed by atoms with Crippen LogP contribution in [0.2, 0.25) is 10.0 Å². The van der Waals surface area contributed by atoms with Crippen LogP contribution < -0.4 is 0 Å². The second-order valence-electron chi connectivity index (χ2n) is 6.44. The Morgan fingerprint density at radius 2 is 1.50 bits per heavy atom. The predicted octanol–water partition coefficient (Wildman–Crippen LogP) is 3.38. The number of hydrogen-bond acceptors (Lipinski definition) is 3. The lowest BCUT2D eigenvalue weighted by Gasteiger charge is -2.39. The zero-order valence-corrected chi connectivity index (χ0v) is 15.0. The standard InChI is InChI=1S/C17H18Cl2N2O3/c1-9-4-3-5-10(2)21(9)15(22)8-20-16(23)11-6-13(18)14(19)7-12(11)17(20)24/h6-7,9-10H,3-5,8H2,1-2H3. The molecule has 0 aromatic heterocycles. The fourth-order valence-corrected chi connectivity index (χ4v) is 3.88. The van der Waals surface area contributed by atoms with Crippen LogP contribution in [0.4, 0.5) is 0 Å². The molecule has 3 amide bonds. The molecule has 2 aliphatic rings. The molecule has 2 heterocycles. The number of nitrogens with zero attached hydrogens (tertiary/aromatic N) is 2. The Bertz CT molecular complexity index is 684. The molecule has 1 saturated heterocycles. The normalized spacial score (nSPS) is 23.7. The first-order chi connectivity index (χ1) is 11.3. The van der Waals surface area contributed by atoms with Gasteiger partial charge in [-0.2, -0.15) is 0 Å². The largest absolute Gasteiger partial charge is 0.336 e. The summed E-state index contributed by atoms with van der Waals surface area (Å²) in [5.41, 5.74) is 0.392. The minimum Gasteiger partial charge on any atom is -0.336 e. The van der Waals surface area contributed by atoms with E-state index in [0.717, 1.165) is 24.2 Å². The summed E-state index contributed by atoms with van der Waals surface area (Å²) in [4.78, 5) is 40.4. The maximum atomic E-state index is 12.7. The maximum absolute atomic E-state index is 12.7. The van der Waals surface area contributed by atoms with Crippen molar-refractivity contribution in [2.45, 2.75) is 45.2 Å². The Labute approximate surface area is 150 Å². The molecule has 1 aromatic carbocycles. The molecule has 128 valence electrons. The molecule has 0 N–H and O–H groups in total. The van der Waals surface area contributed by atoms with Crippen molar-refractivity contribution in [3.05, 3.63) is 33.3 Å². The molecule has 0 aliphatic carbocycles. The molecule has 5 nitrogen and oxygen atoms in total. The number of benzene rings is 1. The smallest absolute Gasteiger partial charge is 0.262 e. The van der Waals surface area contributed by atoms with Crippen LogP contribution in [-0.2, 0) is 4.79 Å². The molecule has 7 heteroatoms. The van der Waals surface area contributed by atoms with Crippen LogP contribution in [0.5, 0.6) is 0 Å². The van der Waals surface area contributed by atoms with Crippen LogP contribution in [-0.4, -0.2) is 46.1 Å². The van der Waals surface area contributed by atoms with Crippen LogP contribution in [0.15, 0.2) is 12.1 Å². The van der Waals surface area contributed by atoms with Crippen molar-refractivity contribution in [2.75, 3.05) is 6.54 Å². The average Bonchev–Trinajstić information content (AvgIpc) is 2.73. The topological polar surface area (TPSA) is 57.7 Å². The van der Waals surface area contributed by atoms with Gasteiger partial charge in [-0.3, -0.25) is 19.3 Å². The Hall–Kier alpha value is -1.59. The molecule has 3 rings (SSSR count). The van der Waals surface area contributed by atoms with Gasteiger partial charge in [-0.15, -0.1) is 0 Å². The first-order valence-corrected chi connectivity index (χ1v) is 8.73. The Morgan fingerprint density at radius 3 is 1.96 bits per heavy atom. The van der Waals surface area contributed by atoms with Gasteiger partial charge in [0.25, 0.3) is 11.8 Å². The van der Waals surface area contributed by atoms with Crippen LogP contribution in [0.25, 0.3) is 0 Å². The minimum atomic E-state index is -0.501. The van der Waals surface area contributed by atoms with Crippen LogP contribution in [0.1, 0.15) is 53.8 Å². The average molecular weight is 369 g/mol. The highest BCUT2D eigenvalue weighted by atomic mass is 35.5. The van der Waals surface area contributed by atoms with Crippen molar-refractivity contribution < 1.29 is 14.4 Å². The summed E-state index contributed by atoms with van der Waals surface area (Å²) >= 11 is 11.9. The lowest BCUT2D eigenvalue weighted by molar-refractivity contribution is -0.137. The Morgan fingerprint density at radius 1 is 1.04 bits per heavy atom. The van der Waals surface area contributed by atoms with Gasteiger partial charge >= 0.3 is 0 Å². The van der Waals surface area contributed by atoms with Crippen molar-refractivity contribution in [3.63, 3.8) is 0 Å². The molecule has 2 aliphatic heterocycles. The van der Waals surface area contributed by atoms with Gasteiger partial charge in [0.1, 0.15) is 6.54 Å². The number of fused-ring (bicyclic) bond motifs is 1. The van der Waals surface area contributed by atoms with E-state index >= 15 is 0 Å². The van der Waals surface area contributed by atoms with E-state index in [-0.39, 0.29) is 45.7 Å². The number of piperidine rings is 1. The molecule has 1 aromatic rings. The van der Waals surface area contributed by atoms with Crippen molar-refractivity contribution in [3.8, 4) is 0 Å². The second kappa shape index (κ2) is 6.37. The van der Waals surface area contributed by atoms with Crippen molar-refractivity contribution in [2.24, 2.45) is 0 Å². The minimum absolute atomic E-state index is 0.111. The van der Waals surface area contributed by atoms with E-state index in [0.29, 0.717) is 0 Å². The lowest BCUT2D eigenvalue weighted by Crippen LogP contribution is -2.51. The Kier molecular flexibility index (Phi) is 4.58. The number of halogens is 2. The van der Waals surface area contributed by atoms with E-state index in [1.165, 1.54) is 12.1 Å². The monoisotopic (exact) mass is 368 g/mol. The summed E-state index contributed by atoms with van der Waals surface area (Å²) in [7, 11) is 0. The van der Waals surface area contributed by atoms with Crippen molar-refractivity contribution in [1.29, 1.82) is 0 Å². The Balaban J connectivity index is 1.82. The first kappa shape index (κ1) is 17.2. The number of carbonyl (C=O) groups is 3. The fraction of sp³-hybridized carbons (Fsp3) is 0.471. The van der Waals surface area contributed by atoms with Gasteiger partial charge in [-0.1, -0.05) is 23.2 Å². The van der Waals surface area contributed by atoms with Crippen LogP contribution in [0, 0.1) is 0 Å². The zero-order chi connectivity index (χ0) is 17.6. The summed E-state index contributed by atoms with van der Waals surface area (Å²) in [5, 5.41) is 0.422. The number of amides is 3. The van der Waals surface area contributed by atoms with Gasteiger partial charge < -0.3 is 4.90 Å². The highest BCUT2D eigenvalue weighted by Gasteiger charge is 2.39. The summed E-state index contributed by atoms with van der Waals surface area (Å²) in [6.45, 7) is 3.74. The molecule has 1 fully saturated rings. The van der Waals surface area contributed by atoms with Gasteiger partial charge in [0.05, 0.1) is 21.2 Å². The summed E-state index contributed by atoms with van der Waals surface area (Å²) < 4.78 is 0. The third-order valence-electron chi connectivity index (χ3n) is 4.79. The second-order valence-corrected chi connectivity index (χ2v) is 7.25. The molecular formula is C17H18Cl2N2O3. The van der Waals surface area contributed by atoms with E-state index in [4.69, 9.17) is 23.2 Å². The molecule has 24 heavy (non-hydrogen) atoms. The van der Waals surface area contributed by atoms with E-state index in [1.807, 2.05) is 13.8 Å². The van der Waals surface area contributed by atoms with Crippen molar-refractivity contribution in [1.82, 2.24) is 9.80 Å². The van der Waals surface area contributed by atoms with E-state index in [2.05, 4.69) is 0 Å². The van der Waals surface area contributed by atoms with E-state index < -0.39 is 11.8 Å². The molecule has 0 saturated carbocycles. The van der Waals surface area contributed by atoms with E-state index in [1.54, 1.807) is 4.90 Å². The number of hydrogen-bond donors (Lipinski definition) is 0. The molecule has 0 spiro atoms. The van der Waals surface area contributed by atoms with Gasteiger partial charge in [-0.05, 0) is 45.2 Å². The summed E-state index contributed by atoms with van der Waals surface area (Å²) in [6, 6.07) is 2.99. The highest BCUT2D eigenvalue weighted by Crippen LogP contribution is 2.32. The number of imide groups is 1. The predicted molar refractivity (Wildman–Crippen MR) is 91.5 cm³/mol. The third kappa shape index (κ3) is 2.80. The molecular weight excluding hydrogens is 351 g/mol. The lowest BCUT2D eigenvalue weighted by atomic mass is 9.97. The van der Waals surface area contributed by atoms with E-state index in [9.17, 15) is 14.4 Å². The zero-order valence-electron chi connectivity index (χ0n) is 13.5.